The van der Waals surface area contributed by atoms with Crippen molar-refractivity contribution in [1.82, 2.24) is 4.90 Å². The minimum Gasteiger partial charge on any atom is -0.497 e. The minimum atomic E-state index is 0.714. The number of piperidine rings is 1. The maximum atomic E-state index is 5.24. The van der Waals surface area contributed by atoms with Crippen LogP contribution < -0.4 is 4.74 Å². The van der Waals surface area contributed by atoms with E-state index in [0.29, 0.717) is 5.92 Å². The summed E-state index contributed by atoms with van der Waals surface area (Å²) in [6.07, 6.45) is 3.55. The predicted octanol–water partition coefficient (Wildman–Crippen LogP) is 4.10. The van der Waals surface area contributed by atoms with Crippen LogP contribution in [0.3, 0.4) is 0 Å². The Labute approximate surface area is 133 Å². The van der Waals surface area contributed by atoms with E-state index in [9.17, 15) is 0 Å². The fourth-order valence-corrected chi connectivity index (χ4v) is 3.38. The number of hydrogen-bond donors (Lipinski definition) is 0. The monoisotopic (exact) mass is 295 g/mol. The second-order valence-corrected chi connectivity index (χ2v) is 6.30. The SMILES string of the molecule is COc1ccc(Cc2ccccc2C2CCN(C)CC2)cc1. The van der Waals surface area contributed by atoms with Crippen molar-refractivity contribution >= 4 is 0 Å². The molecule has 3 rings (SSSR count). The van der Waals surface area contributed by atoms with Crippen molar-refractivity contribution in [3.63, 3.8) is 0 Å². The first-order chi connectivity index (χ1) is 10.8. The van der Waals surface area contributed by atoms with Gasteiger partial charge in [0.25, 0.3) is 0 Å². The summed E-state index contributed by atoms with van der Waals surface area (Å²) in [5.74, 6) is 1.64. The molecule has 1 fully saturated rings. The summed E-state index contributed by atoms with van der Waals surface area (Å²) < 4.78 is 5.24. The first-order valence-electron chi connectivity index (χ1n) is 8.15. The molecular weight excluding hydrogens is 270 g/mol. The maximum Gasteiger partial charge on any atom is 0.118 e. The zero-order valence-electron chi connectivity index (χ0n) is 13.6. The first-order valence-corrected chi connectivity index (χ1v) is 8.15. The Balaban J connectivity index is 1.78. The molecule has 0 saturated carbocycles. The van der Waals surface area contributed by atoms with Crippen molar-refractivity contribution in [3.05, 3.63) is 65.2 Å². The molecule has 1 aliphatic rings. The van der Waals surface area contributed by atoms with Crippen molar-refractivity contribution < 1.29 is 4.74 Å². The van der Waals surface area contributed by atoms with E-state index in [1.165, 1.54) is 37.1 Å². The van der Waals surface area contributed by atoms with Crippen molar-refractivity contribution in [2.45, 2.75) is 25.2 Å². The fraction of sp³-hybridized carbons (Fsp3) is 0.400. The summed E-state index contributed by atoms with van der Waals surface area (Å²) in [6.45, 7) is 2.42. The third-order valence-electron chi connectivity index (χ3n) is 4.77. The molecule has 2 aromatic carbocycles. The Hall–Kier alpha value is -1.80. The Kier molecular flexibility index (Phi) is 4.79. The predicted molar refractivity (Wildman–Crippen MR) is 91.7 cm³/mol. The highest BCUT2D eigenvalue weighted by molar-refractivity contribution is 5.37. The molecule has 0 amide bonds. The van der Waals surface area contributed by atoms with Crippen LogP contribution >= 0.6 is 0 Å². The molecular formula is C20H25NO. The van der Waals surface area contributed by atoms with Crippen LogP contribution in [0.25, 0.3) is 0 Å². The lowest BCUT2D eigenvalue weighted by Crippen LogP contribution is -2.29. The summed E-state index contributed by atoms with van der Waals surface area (Å²) in [4.78, 5) is 2.43. The summed E-state index contributed by atoms with van der Waals surface area (Å²) >= 11 is 0. The Morgan fingerprint density at radius 2 is 1.68 bits per heavy atom. The number of benzene rings is 2. The minimum absolute atomic E-state index is 0.714. The van der Waals surface area contributed by atoms with Gasteiger partial charge in [-0.3, -0.25) is 0 Å². The van der Waals surface area contributed by atoms with Gasteiger partial charge in [-0.25, -0.2) is 0 Å². The molecule has 0 atom stereocenters. The smallest absolute Gasteiger partial charge is 0.118 e. The van der Waals surface area contributed by atoms with Crippen LogP contribution in [0, 0.1) is 0 Å². The van der Waals surface area contributed by atoms with Gasteiger partial charge in [0.05, 0.1) is 7.11 Å². The molecule has 116 valence electrons. The summed E-state index contributed by atoms with van der Waals surface area (Å²) in [7, 11) is 3.93. The summed E-state index contributed by atoms with van der Waals surface area (Å²) in [5, 5.41) is 0. The van der Waals surface area contributed by atoms with E-state index in [0.717, 1.165) is 12.2 Å². The lowest BCUT2D eigenvalue weighted by molar-refractivity contribution is 0.255. The third-order valence-corrected chi connectivity index (χ3v) is 4.77. The largest absolute Gasteiger partial charge is 0.497 e. The summed E-state index contributed by atoms with van der Waals surface area (Å²) in [5.41, 5.74) is 4.37. The standard InChI is InChI=1S/C20H25NO/c1-21-13-11-17(12-14-21)20-6-4-3-5-18(20)15-16-7-9-19(22-2)10-8-16/h3-10,17H,11-15H2,1-2H3. The Morgan fingerprint density at radius 3 is 2.36 bits per heavy atom. The van der Waals surface area contributed by atoms with Crippen molar-refractivity contribution in [1.29, 1.82) is 0 Å². The van der Waals surface area contributed by atoms with Crippen molar-refractivity contribution in [2.75, 3.05) is 27.2 Å². The molecule has 1 saturated heterocycles. The molecule has 0 unspecified atom stereocenters. The van der Waals surface area contributed by atoms with Gasteiger partial charge in [0.2, 0.25) is 0 Å². The number of rotatable bonds is 4. The van der Waals surface area contributed by atoms with Crippen molar-refractivity contribution in [2.24, 2.45) is 0 Å². The lowest BCUT2D eigenvalue weighted by atomic mass is 9.85. The molecule has 2 nitrogen and oxygen atoms in total. The highest BCUT2D eigenvalue weighted by Gasteiger charge is 2.20. The zero-order chi connectivity index (χ0) is 15.4. The Bertz CT molecular complexity index is 597. The van der Waals surface area contributed by atoms with Crippen LogP contribution in [0.4, 0.5) is 0 Å². The molecule has 2 aromatic rings. The molecule has 0 N–H and O–H groups in total. The molecule has 22 heavy (non-hydrogen) atoms. The number of ether oxygens (including phenoxy) is 1. The van der Waals surface area contributed by atoms with Gasteiger partial charge in [-0.15, -0.1) is 0 Å². The average Bonchev–Trinajstić information content (AvgIpc) is 2.57. The summed E-state index contributed by atoms with van der Waals surface area (Å²) in [6, 6.07) is 17.4. The van der Waals surface area contributed by atoms with Gasteiger partial charge in [-0.2, -0.15) is 0 Å². The quantitative estimate of drug-likeness (QED) is 0.842. The molecule has 0 radical (unpaired) electrons. The van der Waals surface area contributed by atoms with Crippen molar-refractivity contribution in [3.8, 4) is 5.75 Å². The Morgan fingerprint density at radius 1 is 1.00 bits per heavy atom. The first kappa shape index (κ1) is 15.1. The normalized spacial score (nSPS) is 16.6. The number of nitrogens with zero attached hydrogens (tertiary/aromatic N) is 1. The van der Waals surface area contributed by atoms with E-state index < -0.39 is 0 Å². The molecule has 1 heterocycles. The second-order valence-electron chi connectivity index (χ2n) is 6.30. The average molecular weight is 295 g/mol. The third kappa shape index (κ3) is 3.50. The molecule has 0 aromatic heterocycles. The van der Waals surface area contributed by atoms with E-state index >= 15 is 0 Å². The van der Waals surface area contributed by atoms with E-state index in [-0.39, 0.29) is 0 Å². The van der Waals surface area contributed by atoms with E-state index in [1.807, 2.05) is 12.1 Å². The number of likely N-dealkylation sites (tertiary alicyclic amines) is 1. The molecule has 0 bridgehead atoms. The van der Waals surface area contributed by atoms with Gasteiger partial charge >= 0.3 is 0 Å². The van der Waals surface area contributed by atoms with Crippen LogP contribution in [0.2, 0.25) is 0 Å². The van der Waals surface area contributed by atoms with Gasteiger partial charge in [0, 0.05) is 0 Å². The maximum absolute atomic E-state index is 5.24. The van der Waals surface area contributed by atoms with E-state index in [1.54, 1.807) is 12.7 Å². The van der Waals surface area contributed by atoms with Gasteiger partial charge < -0.3 is 9.64 Å². The fourth-order valence-electron chi connectivity index (χ4n) is 3.38. The van der Waals surface area contributed by atoms with Gasteiger partial charge in [-0.1, -0.05) is 36.4 Å². The van der Waals surface area contributed by atoms with Gasteiger partial charge in [0.1, 0.15) is 5.75 Å². The molecule has 2 heteroatoms. The molecule has 0 aliphatic carbocycles. The lowest BCUT2D eigenvalue weighted by Gasteiger charge is -2.30. The number of hydrogen-bond acceptors (Lipinski definition) is 2. The number of methoxy groups -OCH3 is 1. The highest BCUT2D eigenvalue weighted by Crippen LogP contribution is 2.31. The van der Waals surface area contributed by atoms with Crippen LogP contribution in [0.1, 0.15) is 35.4 Å². The van der Waals surface area contributed by atoms with Gasteiger partial charge in [-0.05, 0) is 74.1 Å². The second kappa shape index (κ2) is 6.97. The van der Waals surface area contributed by atoms with E-state index in [4.69, 9.17) is 4.74 Å². The van der Waals surface area contributed by atoms with Crippen LogP contribution in [0.15, 0.2) is 48.5 Å². The molecule has 0 spiro atoms. The molecule has 1 aliphatic heterocycles. The zero-order valence-corrected chi connectivity index (χ0v) is 13.6. The van der Waals surface area contributed by atoms with E-state index in [2.05, 4.69) is 48.3 Å². The van der Waals surface area contributed by atoms with Crippen LogP contribution in [-0.4, -0.2) is 32.1 Å². The highest BCUT2D eigenvalue weighted by atomic mass is 16.5. The van der Waals surface area contributed by atoms with Crippen LogP contribution in [0.5, 0.6) is 5.75 Å². The van der Waals surface area contributed by atoms with Crippen LogP contribution in [-0.2, 0) is 6.42 Å². The topological polar surface area (TPSA) is 12.5 Å². The van der Waals surface area contributed by atoms with Gasteiger partial charge in [0.15, 0.2) is 0 Å².